The third kappa shape index (κ3) is 2.73. The van der Waals surface area contributed by atoms with Gasteiger partial charge in [-0.15, -0.1) is 0 Å². The standard InChI is InChI=1S/C13H22N2S/c14-10-13(15)8-3-4-11(13)7-9-16-12-5-1-2-6-12/h11-12H,1-9,15H2. The molecular weight excluding hydrogens is 216 g/mol. The van der Waals surface area contributed by atoms with Gasteiger partial charge in [0.1, 0.15) is 5.54 Å². The smallest absolute Gasteiger partial charge is 0.107 e. The number of nitrogens with zero attached hydrogens (tertiary/aromatic N) is 1. The molecule has 2 N–H and O–H groups in total. The van der Waals surface area contributed by atoms with Crippen molar-refractivity contribution in [2.45, 2.75) is 62.2 Å². The van der Waals surface area contributed by atoms with Gasteiger partial charge in [-0.1, -0.05) is 19.3 Å². The lowest BCUT2D eigenvalue weighted by atomic mass is 9.88. The van der Waals surface area contributed by atoms with Crippen LogP contribution in [0.3, 0.4) is 0 Å². The Kier molecular flexibility index (Phi) is 4.16. The minimum absolute atomic E-state index is 0.450. The van der Waals surface area contributed by atoms with Crippen LogP contribution in [-0.4, -0.2) is 16.5 Å². The zero-order valence-corrected chi connectivity index (χ0v) is 10.8. The van der Waals surface area contributed by atoms with E-state index in [0.717, 1.165) is 30.9 Å². The molecule has 0 aromatic carbocycles. The predicted octanol–water partition coefficient (Wildman–Crippen LogP) is 3.07. The van der Waals surface area contributed by atoms with E-state index < -0.39 is 5.54 Å². The van der Waals surface area contributed by atoms with Gasteiger partial charge in [0.05, 0.1) is 6.07 Å². The Morgan fingerprint density at radius 3 is 2.69 bits per heavy atom. The molecule has 0 heterocycles. The van der Waals surface area contributed by atoms with Gasteiger partial charge in [0.2, 0.25) is 0 Å². The number of thioether (sulfide) groups is 1. The highest BCUT2D eigenvalue weighted by molar-refractivity contribution is 7.99. The van der Waals surface area contributed by atoms with E-state index in [2.05, 4.69) is 17.8 Å². The van der Waals surface area contributed by atoms with Gasteiger partial charge in [0, 0.05) is 5.25 Å². The first kappa shape index (κ1) is 12.3. The third-order valence-corrected chi connectivity index (χ3v) is 5.62. The van der Waals surface area contributed by atoms with Crippen LogP contribution in [0.15, 0.2) is 0 Å². The fraction of sp³-hybridized carbons (Fsp3) is 0.923. The summed E-state index contributed by atoms with van der Waals surface area (Å²) in [6.45, 7) is 0. The second kappa shape index (κ2) is 5.42. The second-order valence-electron chi connectivity index (χ2n) is 5.31. The Bertz CT molecular complexity index is 268. The summed E-state index contributed by atoms with van der Waals surface area (Å²) in [5.41, 5.74) is 5.62. The SMILES string of the molecule is N#CC1(N)CCCC1CCSC1CCCC1. The van der Waals surface area contributed by atoms with Crippen molar-refractivity contribution < 1.29 is 0 Å². The van der Waals surface area contributed by atoms with E-state index >= 15 is 0 Å². The first-order valence-corrected chi connectivity index (χ1v) is 7.61. The molecule has 0 amide bonds. The molecule has 0 saturated heterocycles. The van der Waals surface area contributed by atoms with Crippen molar-refractivity contribution in [2.75, 3.05) is 5.75 Å². The topological polar surface area (TPSA) is 49.8 Å². The first-order chi connectivity index (χ1) is 7.74. The summed E-state index contributed by atoms with van der Waals surface area (Å²) < 4.78 is 0. The maximum absolute atomic E-state index is 9.12. The van der Waals surface area contributed by atoms with Crippen molar-refractivity contribution in [3.8, 4) is 6.07 Å². The van der Waals surface area contributed by atoms with Crippen LogP contribution in [0.25, 0.3) is 0 Å². The van der Waals surface area contributed by atoms with Crippen molar-refractivity contribution in [1.82, 2.24) is 0 Å². The third-order valence-electron chi connectivity index (χ3n) is 4.20. The second-order valence-corrected chi connectivity index (χ2v) is 6.72. The van der Waals surface area contributed by atoms with Gasteiger partial charge in [0.25, 0.3) is 0 Å². The van der Waals surface area contributed by atoms with E-state index in [1.807, 2.05) is 0 Å². The molecule has 2 rings (SSSR count). The number of rotatable bonds is 4. The van der Waals surface area contributed by atoms with Gasteiger partial charge in [-0.2, -0.15) is 17.0 Å². The molecule has 2 atom stereocenters. The minimum Gasteiger partial charge on any atom is -0.313 e. The summed E-state index contributed by atoms with van der Waals surface area (Å²) in [6, 6.07) is 2.34. The highest BCUT2D eigenvalue weighted by Gasteiger charge is 2.39. The summed E-state index contributed by atoms with van der Waals surface area (Å²) in [7, 11) is 0. The van der Waals surface area contributed by atoms with Crippen LogP contribution >= 0.6 is 11.8 Å². The van der Waals surface area contributed by atoms with Gasteiger partial charge in [-0.25, -0.2) is 0 Å². The molecule has 0 aliphatic heterocycles. The highest BCUT2D eigenvalue weighted by Crippen LogP contribution is 2.37. The summed E-state index contributed by atoms with van der Waals surface area (Å²) in [5, 5.41) is 10.0. The average Bonchev–Trinajstić information content (AvgIpc) is 2.90. The molecular formula is C13H22N2S. The lowest BCUT2D eigenvalue weighted by molar-refractivity contribution is 0.389. The molecule has 2 nitrogen and oxygen atoms in total. The van der Waals surface area contributed by atoms with Crippen LogP contribution in [0.2, 0.25) is 0 Å². The fourth-order valence-electron chi connectivity index (χ4n) is 3.08. The van der Waals surface area contributed by atoms with Crippen LogP contribution in [-0.2, 0) is 0 Å². The summed E-state index contributed by atoms with van der Waals surface area (Å²) in [4.78, 5) is 0. The predicted molar refractivity (Wildman–Crippen MR) is 69.2 cm³/mol. The normalized spacial score (nSPS) is 35.4. The van der Waals surface area contributed by atoms with Crippen molar-refractivity contribution in [1.29, 1.82) is 5.26 Å². The van der Waals surface area contributed by atoms with E-state index in [1.54, 1.807) is 0 Å². The van der Waals surface area contributed by atoms with E-state index in [4.69, 9.17) is 11.0 Å². The van der Waals surface area contributed by atoms with Crippen molar-refractivity contribution in [3.05, 3.63) is 0 Å². The van der Waals surface area contributed by atoms with Gasteiger partial charge >= 0.3 is 0 Å². The Morgan fingerprint density at radius 2 is 2.00 bits per heavy atom. The Morgan fingerprint density at radius 1 is 1.25 bits per heavy atom. The van der Waals surface area contributed by atoms with E-state index in [1.165, 1.54) is 31.4 Å². The molecule has 0 aromatic heterocycles. The molecule has 2 saturated carbocycles. The average molecular weight is 238 g/mol. The summed E-state index contributed by atoms with van der Waals surface area (Å²) in [6.07, 6.45) is 9.99. The van der Waals surface area contributed by atoms with Gasteiger partial charge in [0.15, 0.2) is 0 Å². The molecule has 2 unspecified atom stereocenters. The number of hydrogen-bond donors (Lipinski definition) is 1. The van der Waals surface area contributed by atoms with Crippen LogP contribution in [0.4, 0.5) is 0 Å². The van der Waals surface area contributed by atoms with Crippen molar-refractivity contribution in [2.24, 2.45) is 11.7 Å². The first-order valence-electron chi connectivity index (χ1n) is 6.56. The molecule has 0 bridgehead atoms. The van der Waals surface area contributed by atoms with Crippen LogP contribution < -0.4 is 5.73 Å². The zero-order chi connectivity index (χ0) is 11.4. The van der Waals surface area contributed by atoms with E-state index in [9.17, 15) is 0 Å². The number of hydrogen-bond acceptors (Lipinski definition) is 3. The fourth-order valence-corrected chi connectivity index (χ4v) is 4.50. The molecule has 16 heavy (non-hydrogen) atoms. The molecule has 90 valence electrons. The van der Waals surface area contributed by atoms with Crippen molar-refractivity contribution in [3.63, 3.8) is 0 Å². The molecule has 2 aliphatic carbocycles. The van der Waals surface area contributed by atoms with Gasteiger partial charge < -0.3 is 5.73 Å². The number of nitriles is 1. The molecule has 2 aliphatic rings. The lowest BCUT2D eigenvalue weighted by Crippen LogP contribution is -2.41. The Hall–Kier alpha value is -0.200. The minimum atomic E-state index is -0.504. The molecule has 3 heteroatoms. The van der Waals surface area contributed by atoms with E-state index in [0.29, 0.717) is 5.92 Å². The van der Waals surface area contributed by atoms with Gasteiger partial charge in [-0.3, -0.25) is 0 Å². The molecule has 0 aromatic rings. The van der Waals surface area contributed by atoms with Crippen molar-refractivity contribution >= 4 is 11.8 Å². The quantitative estimate of drug-likeness (QED) is 0.819. The zero-order valence-electron chi connectivity index (χ0n) is 9.95. The monoisotopic (exact) mass is 238 g/mol. The lowest BCUT2D eigenvalue weighted by Gasteiger charge is -2.24. The van der Waals surface area contributed by atoms with Crippen LogP contribution in [0.5, 0.6) is 0 Å². The van der Waals surface area contributed by atoms with Crippen LogP contribution in [0.1, 0.15) is 51.4 Å². The Balaban J connectivity index is 1.71. The Labute approximate surface area is 103 Å². The maximum atomic E-state index is 9.12. The van der Waals surface area contributed by atoms with Crippen LogP contribution in [0, 0.1) is 17.2 Å². The molecule has 0 spiro atoms. The van der Waals surface area contributed by atoms with Gasteiger partial charge in [-0.05, 0) is 43.8 Å². The molecule has 0 radical (unpaired) electrons. The highest BCUT2D eigenvalue weighted by atomic mass is 32.2. The largest absolute Gasteiger partial charge is 0.313 e. The number of nitrogens with two attached hydrogens (primary N) is 1. The van der Waals surface area contributed by atoms with E-state index in [-0.39, 0.29) is 0 Å². The summed E-state index contributed by atoms with van der Waals surface area (Å²) in [5.74, 6) is 1.65. The molecule has 2 fully saturated rings. The summed E-state index contributed by atoms with van der Waals surface area (Å²) >= 11 is 2.12. The maximum Gasteiger partial charge on any atom is 0.107 e.